The van der Waals surface area contributed by atoms with Crippen molar-refractivity contribution >= 4 is 27.9 Å². The van der Waals surface area contributed by atoms with Crippen molar-refractivity contribution in [3.8, 4) is 0 Å². The molecule has 1 aromatic heterocycles. The van der Waals surface area contributed by atoms with E-state index in [9.17, 15) is 4.79 Å². The number of hydrogen-bond acceptors (Lipinski definition) is 4. The number of hydrogen-bond donors (Lipinski definition) is 2. The molecule has 0 atom stereocenters. The van der Waals surface area contributed by atoms with Gasteiger partial charge >= 0.3 is 0 Å². The highest BCUT2D eigenvalue weighted by atomic mass is 32.1. The van der Waals surface area contributed by atoms with Gasteiger partial charge in [0.2, 0.25) is 0 Å². The van der Waals surface area contributed by atoms with Gasteiger partial charge in [0.1, 0.15) is 4.88 Å². The Bertz CT molecular complexity index is 343. The molecule has 2 heterocycles. The van der Waals surface area contributed by atoms with E-state index >= 15 is 0 Å². The van der Waals surface area contributed by atoms with E-state index in [-0.39, 0.29) is 0 Å². The molecule has 0 bridgehead atoms. The highest BCUT2D eigenvalue weighted by Crippen LogP contribution is 2.33. The number of nitrogens with two attached hydrogens (primary N) is 2. The lowest BCUT2D eigenvalue weighted by Gasteiger charge is -2.31. The van der Waals surface area contributed by atoms with Gasteiger partial charge in [-0.3, -0.25) is 4.79 Å². The first-order valence-electron chi connectivity index (χ1n) is 4.12. The van der Waals surface area contributed by atoms with Crippen LogP contribution in [0.5, 0.6) is 0 Å². The normalized spacial score (nSPS) is 15.5. The Labute approximate surface area is 80.1 Å². The van der Waals surface area contributed by atoms with Crippen LogP contribution >= 0.6 is 11.3 Å². The quantitative estimate of drug-likeness (QED) is 0.730. The summed E-state index contributed by atoms with van der Waals surface area (Å²) in [7, 11) is 0. The molecule has 0 radical (unpaired) electrons. The number of anilines is 2. The summed E-state index contributed by atoms with van der Waals surface area (Å²) in [6.45, 7) is 2.11. The maximum absolute atomic E-state index is 10.9. The molecule has 2 rings (SSSR count). The third-order valence-corrected chi connectivity index (χ3v) is 3.37. The Balaban J connectivity index is 2.28. The van der Waals surface area contributed by atoms with Crippen LogP contribution in [0.25, 0.3) is 0 Å². The molecule has 0 aromatic carbocycles. The van der Waals surface area contributed by atoms with Crippen molar-refractivity contribution in [1.82, 2.24) is 0 Å². The summed E-state index contributed by atoms with van der Waals surface area (Å²) >= 11 is 1.38. The van der Waals surface area contributed by atoms with Crippen molar-refractivity contribution in [1.29, 1.82) is 0 Å². The van der Waals surface area contributed by atoms with E-state index in [0.717, 1.165) is 18.1 Å². The highest BCUT2D eigenvalue weighted by molar-refractivity contribution is 7.18. The van der Waals surface area contributed by atoms with Gasteiger partial charge in [-0.2, -0.15) is 0 Å². The molecule has 4 N–H and O–H groups in total. The summed E-state index contributed by atoms with van der Waals surface area (Å²) in [5, 5.41) is 1.05. The number of nitrogens with zero attached hydrogens (tertiary/aromatic N) is 1. The molecule has 1 aliphatic heterocycles. The molecule has 1 fully saturated rings. The van der Waals surface area contributed by atoms with Gasteiger partial charge in [0.15, 0.2) is 0 Å². The zero-order valence-electron chi connectivity index (χ0n) is 7.12. The van der Waals surface area contributed by atoms with Crippen LogP contribution in [0.2, 0.25) is 0 Å². The van der Waals surface area contributed by atoms with E-state index in [1.54, 1.807) is 0 Å². The van der Waals surface area contributed by atoms with Crippen LogP contribution < -0.4 is 16.4 Å². The fourth-order valence-electron chi connectivity index (χ4n) is 1.28. The van der Waals surface area contributed by atoms with Gasteiger partial charge in [-0.25, -0.2) is 0 Å². The molecular formula is C8H11N3OS. The fraction of sp³-hybridized carbons (Fsp3) is 0.375. The van der Waals surface area contributed by atoms with Crippen LogP contribution in [-0.4, -0.2) is 19.0 Å². The summed E-state index contributed by atoms with van der Waals surface area (Å²) in [5.74, 6) is -0.436. The number of amides is 1. The number of rotatable bonds is 2. The molecule has 0 unspecified atom stereocenters. The first-order chi connectivity index (χ1) is 6.18. The zero-order valence-corrected chi connectivity index (χ0v) is 7.93. The summed E-state index contributed by atoms with van der Waals surface area (Å²) in [4.78, 5) is 13.6. The van der Waals surface area contributed by atoms with Crippen molar-refractivity contribution in [3.05, 3.63) is 10.9 Å². The second-order valence-corrected chi connectivity index (χ2v) is 4.10. The zero-order chi connectivity index (χ0) is 9.42. The first kappa shape index (κ1) is 8.37. The van der Waals surface area contributed by atoms with Gasteiger partial charge in [-0.15, -0.1) is 11.3 Å². The van der Waals surface area contributed by atoms with Crippen molar-refractivity contribution in [2.75, 3.05) is 23.7 Å². The molecule has 5 heteroatoms. The number of nitrogen functional groups attached to an aromatic ring is 1. The maximum atomic E-state index is 10.9. The topological polar surface area (TPSA) is 72.4 Å². The number of thiophene rings is 1. The SMILES string of the molecule is NC(=O)c1sc(N2CCC2)cc1N. The van der Waals surface area contributed by atoms with E-state index < -0.39 is 5.91 Å². The van der Waals surface area contributed by atoms with Gasteiger partial charge in [-0.1, -0.05) is 0 Å². The number of carbonyl (C=O) groups excluding carboxylic acids is 1. The molecule has 13 heavy (non-hydrogen) atoms. The molecule has 1 saturated heterocycles. The van der Waals surface area contributed by atoms with Crippen LogP contribution in [0.1, 0.15) is 16.1 Å². The fourth-order valence-corrected chi connectivity index (χ4v) is 2.26. The van der Waals surface area contributed by atoms with Gasteiger partial charge < -0.3 is 16.4 Å². The average molecular weight is 197 g/mol. The Morgan fingerprint density at radius 3 is 2.62 bits per heavy atom. The van der Waals surface area contributed by atoms with Crippen molar-refractivity contribution in [3.63, 3.8) is 0 Å². The minimum absolute atomic E-state index is 0.436. The summed E-state index contributed by atoms with van der Waals surface area (Å²) in [5.41, 5.74) is 11.3. The molecule has 70 valence electrons. The Morgan fingerprint density at radius 1 is 1.54 bits per heavy atom. The standard InChI is InChI=1S/C8H11N3OS/c9-5-4-6(11-2-1-3-11)13-7(5)8(10)12/h4H,1-3,9H2,(H2,10,12). The second-order valence-electron chi connectivity index (χ2n) is 3.07. The van der Waals surface area contributed by atoms with E-state index in [1.807, 2.05) is 6.07 Å². The number of primary amides is 1. The van der Waals surface area contributed by atoms with E-state index in [4.69, 9.17) is 11.5 Å². The largest absolute Gasteiger partial charge is 0.397 e. The van der Waals surface area contributed by atoms with E-state index in [0.29, 0.717) is 10.6 Å². The molecule has 1 amide bonds. The lowest BCUT2D eigenvalue weighted by Crippen LogP contribution is -2.36. The van der Waals surface area contributed by atoms with Crippen molar-refractivity contribution in [2.24, 2.45) is 5.73 Å². The minimum Gasteiger partial charge on any atom is -0.397 e. The molecule has 1 aliphatic rings. The first-order valence-corrected chi connectivity index (χ1v) is 4.94. The minimum atomic E-state index is -0.436. The molecule has 0 spiro atoms. The Morgan fingerprint density at radius 2 is 2.23 bits per heavy atom. The van der Waals surface area contributed by atoms with Gasteiger partial charge in [0.05, 0.1) is 10.7 Å². The average Bonchev–Trinajstić information content (AvgIpc) is 2.27. The molecule has 1 aromatic rings. The Kier molecular flexibility index (Phi) is 1.88. The Hall–Kier alpha value is -1.23. The van der Waals surface area contributed by atoms with Crippen molar-refractivity contribution in [2.45, 2.75) is 6.42 Å². The summed E-state index contributed by atoms with van der Waals surface area (Å²) < 4.78 is 0. The van der Waals surface area contributed by atoms with Gasteiger partial charge in [0.25, 0.3) is 5.91 Å². The van der Waals surface area contributed by atoms with Crippen LogP contribution in [-0.2, 0) is 0 Å². The maximum Gasteiger partial charge on any atom is 0.260 e. The predicted octanol–water partition coefficient (Wildman–Crippen LogP) is 0.639. The highest BCUT2D eigenvalue weighted by Gasteiger charge is 2.19. The smallest absolute Gasteiger partial charge is 0.260 e. The molecular weight excluding hydrogens is 186 g/mol. The lowest BCUT2D eigenvalue weighted by atomic mass is 10.2. The lowest BCUT2D eigenvalue weighted by molar-refractivity contribution is 0.100. The van der Waals surface area contributed by atoms with Crippen molar-refractivity contribution < 1.29 is 4.79 Å². The predicted molar refractivity (Wildman–Crippen MR) is 54.1 cm³/mol. The number of carbonyl (C=O) groups is 1. The van der Waals surface area contributed by atoms with E-state index in [2.05, 4.69) is 4.90 Å². The van der Waals surface area contributed by atoms with Crippen LogP contribution in [0, 0.1) is 0 Å². The third kappa shape index (κ3) is 1.35. The third-order valence-electron chi connectivity index (χ3n) is 2.14. The molecule has 4 nitrogen and oxygen atoms in total. The van der Waals surface area contributed by atoms with Crippen LogP contribution in [0.3, 0.4) is 0 Å². The van der Waals surface area contributed by atoms with Gasteiger partial charge in [0, 0.05) is 13.1 Å². The van der Waals surface area contributed by atoms with E-state index in [1.165, 1.54) is 17.8 Å². The van der Waals surface area contributed by atoms with Crippen LogP contribution in [0.15, 0.2) is 6.07 Å². The summed E-state index contributed by atoms with van der Waals surface area (Å²) in [6, 6.07) is 1.82. The molecule has 0 saturated carbocycles. The monoisotopic (exact) mass is 197 g/mol. The summed E-state index contributed by atoms with van der Waals surface area (Å²) in [6.07, 6.45) is 1.21. The molecule has 0 aliphatic carbocycles. The second kappa shape index (κ2) is 2.92. The van der Waals surface area contributed by atoms with Gasteiger partial charge in [-0.05, 0) is 12.5 Å². The van der Waals surface area contributed by atoms with Crippen LogP contribution in [0.4, 0.5) is 10.7 Å².